The highest BCUT2D eigenvalue weighted by Gasteiger charge is 2.31. The summed E-state index contributed by atoms with van der Waals surface area (Å²) in [6.45, 7) is 2.47. The van der Waals surface area contributed by atoms with Gasteiger partial charge in [0.2, 0.25) is 0 Å². The Bertz CT molecular complexity index is 1150. The average molecular weight is 497 g/mol. The minimum absolute atomic E-state index is 0.00329. The standard InChI is InChI=1S/C29H34F2N2O3/c1-36-24-9-11-28-26(18-24)25(12-14-32-28)27(31)10-6-21-13-16-33(19-22(21)17-29(34)35)15-2-3-20-4-7-23(30)8-5-20/h4-5,7-9,11-12,14,18,21-22,27H,2-3,6,10,13,15-17,19H2,1H3,(H,34,35)/t21-,22+,27?/m1/s1. The Balaban J connectivity index is 1.34. The molecule has 1 aromatic heterocycles. The first-order valence-electron chi connectivity index (χ1n) is 12.7. The molecule has 3 aromatic rings. The minimum Gasteiger partial charge on any atom is -0.497 e. The smallest absolute Gasteiger partial charge is 0.303 e. The van der Waals surface area contributed by atoms with Crippen molar-refractivity contribution in [2.45, 2.75) is 44.7 Å². The molecular weight excluding hydrogens is 462 g/mol. The zero-order valence-corrected chi connectivity index (χ0v) is 20.7. The number of likely N-dealkylation sites (tertiary alicyclic amines) is 1. The molecule has 0 bridgehead atoms. The molecule has 0 spiro atoms. The van der Waals surface area contributed by atoms with E-state index in [0.717, 1.165) is 48.8 Å². The molecule has 1 saturated heterocycles. The first-order valence-corrected chi connectivity index (χ1v) is 12.7. The molecule has 0 radical (unpaired) electrons. The summed E-state index contributed by atoms with van der Waals surface area (Å²) in [5, 5.41) is 10.3. The lowest BCUT2D eigenvalue weighted by Crippen LogP contribution is -2.42. The van der Waals surface area contributed by atoms with E-state index in [1.807, 2.05) is 30.3 Å². The summed E-state index contributed by atoms with van der Waals surface area (Å²) in [6, 6.07) is 13.8. The van der Waals surface area contributed by atoms with Crippen LogP contribution in [-0.4, -0.2) is 47.7 Å². The van der Waals surface area contributed by atoms with E-state index >= 15 is 4.39 Å². The molecule has 1 fully saturated rings. The molecular formula is C29H34F2N2O3. The second kappa shape index (κ2) is 12.3. The molecule has 7 heteroatoms. The maximum atomic E-state index is 15.5. The number of hydrogen-bond donors (Lipinski definition) is 1. The molecule has 2 heterocycles. The van der Waals surface area contributed by atoms with Gasteiger partial charge in [0.25, 0.3) is 0 Å². The maximum absolute atomic E-state index is 15.5. The Labute approximate surface area is 211 Å². The van der Waals surface area contributed by atoms with Crippen LogP contribution in [0.25, 0.3) is 10.9 Å². The summed E-state index contributed by atoms with van der Waals surface area (Å²) < 4.78 is 33.9. The molecule has 1 aliphatic rings. The van der Waals surface area contributed by atoms with E-state index in [0.29, 0.717) is 30.7 Å². The van der Waals surface area contributed by atoms with Crippen LogP contribution in [0, 0.1) is 17.7 Å². The molecule has 4 rings (SSSR count). The van der Waals surface area contributed by atoms with Crippen molar-refractivity contribution >= 4 is 16.9 Å². The summed E-state index contributed by atoms with van der Waals surface area (Å²) >= 11 is 0. The fourth-order valence-corrected chi connectivity index (χ4v) is 5.42. The number of carboxylic acid groups (broad SMARTS) is 1. The summed E-state index contributed by atoms with van der Waals surface area (Å²) in [4.78, 5) is 18.2. The van der Waals surface area contributed by atoms with Crippen LogP contribution >= 0.6 is 0 Å². The number of piperidine rings is 1. The van der Waals surface area contributed by atoms with Crippen molar-refractivity contribution in [3.8, 4) is 5.75 Å². The van der Waals surface area contributed by atoms with Crippen LogP contribution in [0.2, 0.25) is 0 Å². The summed E-state index contributed by atoms with van der Waals surface area (Å²) in [7, 11) is 1.59. The average Bonchev–Trinajstić information content (AvgIpc) is 2.88. The van der Waals surface area contributed by atoms with E-state index < -0.39 is 12.1 Å². The number of carbonyl (C=O) groups is 1. The molecule has 3 atom stereocenters. The van der Waals surface area contributed by atoms with E-state index in [1.54, 1.807) is 19.4 Å². The lowest BCUT2D eigenvalue weighted by Gasteiger charge is -2.38. The molecule has 5 nitrogen and oxygen atoms in total. The van der Waals surface area contributed by atoms with Crippen molar-refractivity contribution in [2.75, 3.05) is 26.7 Å². The number of alkyl halides is 1. The number of fused-ring (bicyclic) bond motifs is 1. The highest BCUT2D eigenvalue weighted by molar-refractivity contribution is 5.83. The van der Waals surface area contributed by atoms with Crippen LogP contribution in [0.3, 0.4) is 0 Å². The van der Waals surface area contributed by atoms with Gasteiger partial charge < -0.3 is 14.7 Å². The Morgan fingerprint density at radius 1 is 1.19 bits per heavy atom. The zero-order valence-electron chi connectivity index (χ0n) is 20.7. The Morgan fingerprint density at radius 2 is 2.00 bits per heavy atom. The van der Waals surface area contributed by atoms with Gasteiger partial charge in [-0.2, -0.15) is 0 Å². The topological polar surface area (TPSA) is 62.7 Å². The number of halogens is 2. The van der Waals surface area contributed by atoms with E-state index in [1.165, 1.54) is 12.1 Å². The van der Waals surface area contributed by atoms with Gasteiger partial charge in [-0.15, -0.1) is 0 Å². The summed E-state index contributed by atoms with van der Waals surface area (Å²) in [6.07, 6.45) is 4.24. The van der Waals surface area contributed by atoms with Crippen LogP contribution in [-0.2, 0) is 11.2 Å². The number of aliphatic carboxylic acids is 1. The number of aromatic nitrogens is 1. The molecule has 1 aliphatic heterocycles. The third-order valence-electron chi connectivity index (χ3n) is 7.38. The number of hydrogen-bond acceptors (Lipinski definition) is 4. The van der Waals surface area contributed by atoms with Crippen LogP contribution in [0.5, 0.6) is 5.75 Å². The largest absolute Gasteiger partial charge is 0.497 e. The lowest BCUT2D eigenvalue weighted by molar-refractivity contribution is -0.139. The van der Waals surface area contributed by atoms with Gasteiger partial charge in [0.05, 0.1) is 12.6 Å². The Kier molecular flexibility index (Phi) is 8.86. The molecule has 0 saturated carbocycles. The van der Waals surface area contributed by atoms with Crippen molar-refractivity contribution in [1.29, 1.82) is 0 Å². The van der Waals surface area contributed by atoms with Gasteiger partial charge in [-0.3, -0.25) is 9.78 Å². The lowest BCUT2D eigenvalue weighted by atomic mass is 9.79. The van der Waals surface area contributed by atoms with Gasteiger partial charge >= 0.3 is 5.97 Å². The number of rotatable bonds is 11. The van der Waals surface area contributed by atoms with Crippen LogP contribution in [0.4, 0.5) is 8.78 Å². The van der Waals surface area contributed by atoms with Crippen LogP contribution in [0.15, 0.2) is 54.7 Å². The molecule has 0 amide bonds. The van der Waals surface area contributed by atoms with Gasteiger partial charge in [-0.25, -0.2) is 8.78 Å². The van der Waals surface area contributed by atoms with E-state index in [4.69, 9.17) is 4.74 Å². The third kappa shape index (κ3) is 6.78. The summed E-state index contributed by atoms with van der Waals surface area (Å²) in [5.41, 5.74) is 2.43. The highest BCUT2D eigenvalue weighted by atomic mass is 19.1. The molecule has 2 aromatic carbocycles. The van der Waals surface area contributed by atoms with Crippen molar-refractivity contribution in [3.63, 3.8) is 0 Å². The Morgan fingerprint density at radius 3 is 2.75 bits per heavy atom. The van der Waals surface area contributed by atoms with Gasteiger partial charge in [0.1, 0.15) is 17.7 Å². The molecule has 0 aliphatic carbocycles. The first-order chi connectivity index (χ1) is 17.4. The van der Waals surface area contributed by atoms with E-state index in [-0.39, 0.29) is 24.1 Å². The molecule has 1 N–H and O–H groups in total. The number of carboxylic acids is 1. The number of aryl methyl sites for hydroxylation is 1. The van der Waals surface area contributed by atoms with Crippen LogP contribution in [0.1, 0.15) is 49.4 Å². The zero-order chi connectivity index (χ0) is 25.5. The van der Waals surface area contributed by atoms with Crippen molar-refractivity contribution in [3.05, 3.63) is 71.7 Å². The van der Waals surface area contributed by atoms with Crippen molar-refractivity contribution in [1.82, 2.24) is 9.88 Å². The number of nitrogens with zero attached hydrogens (tertiary/aromatic N) is 2. The van der Waals surface area contributed by atoms with Crippen molar-refractivity contribution in [2.24, 2.45) is 11.8 Å². The first kappa shape index (κ1) is 26.0. The maximum Gasteiger partial charge on any atom is 0.303 e. The fraction of sp³-hybridized carbons (Fsp3) is 0.448. The molecule has 192 valence electrons. The second-order valence-electron chi connectivity index (χ2n) is 9.77. The van der Waals surface area contributed by atoms with Gasteiger partial charge in [0, 0.05) is 24.5 Å². The quantitative estimate of drug-likeness (QED) is 0.342. The third-order valence-corrected chi connectivity index (χ3v) is 7.38. The van der Waals surface area contributed by atoms with Crippen molar-refractivity contribution < 1.29 is 23.4 Å². The minimum atomic E-state index is -1.15. The van der Waals surface area contributed by atoms with Gasteiger partial charge in [-0.05, 0) is 105 Å². The fourth-order valence-electron chi connectivity index (χ4n) is 5.42. The van der Waals surface area contributed by atoms with Gasteiger partial charge in [-0.1, -0.05) is 12.1 Å². The van der Waals surface area contributed by atoms with Crippen LogP contribution < -0.4 is 4.74 Å². The van der Waals surface area contributed by atoms with E-state index in [2.05, 4.69) is 9.88 Å². The second-order valence-corrected chi connectivity index (χ2v) is 9.77. The monoisotopic (exact) mass is 496 g/mol. The summed E-state index contributed by atoms with van der Waals surface area (Å²) in [5.74, 6) is -0.192. The van der Waals surface area contributed by atoms with E-state index in [9.17, 15) is 14.3 Å². The molecule has 1 unspecified atom stereocenters. The predicted molar refractivity (Wildman–Crippen MR) is 136 cm³/mol. The SMILES string of the molecule is COc1ccc2nccc(C(F)CC[C@@H]3CCN(CCCc4ccc(F)cc4)C[C@@H]3CC(=O)O)c2c1. The molecule has 36 heavy (non-hydrogen) atoms. The number of pyridine rings is 1. The number of benzene rings is 2. The Hall–Kier alpha value is -3.06. The predicted octanol–water partition coefficient (Wildman–Crippen LogP) is 6.22. The number of ether oxygens (including phenoxy) is 1. The highest BCUT2D eigenvalue weighted by Crippen LogP contribution is 2.36. The van der Waals surface area contributed by atoms with Gasteiger partial charge in [0.15, 0.2) is 0 Å². The normalized spacial score (nSPS) is 19.3. The number of methoxy groups -OCH3 is 1.